The van der Waals surface area contributed by atoms with Gasteiger partial charge in [0.25, 0.3) is 0 Å². The van der Waals surface area contributed by atoms with Gasteiger partial charge in [-0.3, -0.25) is 0 Å². The molecule has 0 bridgehead atoms. The summed E-state index contributed by atoms with van der Waals surface area (Å²) in [7, 11) is -3.68. The van der Waals surface area contributed by atoms with Gasteiger partial charge in [-0.2, -0.15) is 5.10 Å². The molecule has 0 atom stereocenters. The van der Waals surface area contributed by atoms with Crippen molar-refractivity contribution < 1.29 is 17.9 Å². The summed E-state index contributed by atoms with van der Waals surface area (Å²) in [5.41, 5.74) is -0.396. The Morgan fingerprint density at radius 1 is 1.62 bits per heavy atom. The van der Waals surface area contributed by atoms with E-state index in [2.05, 4.69) is 19.9 Å². The van der Waals surface area contributed by atoms with Crippen LogP contribution >= 0.6 is 0 Å². The summed E-state index contributed by atoms with van der Waals surface area (Å²) in [4.78, 5) is 14.1. The third-order valence-electron chi connectivity index (χ3n) is 1.66. The van der Waals surface area contributed by atoms with Gasteiger partial charge in [0.05, 0.1) is 17.1 Å². The standard InChI is InChI=1S/C7H8N4O4S/c1-3-15-7(12)4-5(9-8)10-11-6(4)16(2,13)14/h3H2,1-2H3/p+1. The average Bonchev–Trinajstić information content (AvgIpc) is 2.60. The second-order valence-corrected chi connectivity index (χ2v) is 4.80. The highest BCUT2D eigenvalue weighted by Gasteiger charge is 2.35. The van der Waals surface area contributed by atoms with Crippen LogP contribution in [0.4, 0.5) is 5.82 Å². The van der Waals surface area contributed by atoms with E-state index in [0.717, 1.165) is 6.26 Å². The van der Waals surface area contributed by atoms with Gasteiger partial charge in [0.2, 0.25) is 5.56 Å². The van der Waals surface area contributed by atoms with Crippen LogP contribution in [0.5, 0.6) is 0 Å². The molecule has 8 nitrogen and oxygen atoms in total. The number of ether oxygens (including phenoxy) is 1. The van der Waals surface area contributed by atoms with Gasteiger partial charge < -0.3 is 4.74 Å². The Balaban J connectivity index is 3.40. The average molecular weight is 245 g/mol. The first kappa shape index (κ1) is 12.1. The van der Waals surface area contributed by atoms with E-state index >= 15 is 0 Å². The molecule has 1 aromatic rings. The van der Waals surface area contributed by atoms with E-state index in [9.17, 15) is 13.2 Å². The fraction of sp³-hybridized carbons (Fsp3) is 0.429. The Morgan fingerprint density at radius 3 is 2.69 bits per heavy atom. The molecule has 0 aliphatic rings. The molecule has 0 spiro atoms. The van der Waals surface area contributed by atoms with Crippen LogP contribution < -0.4 is 0 Å². The van der Waals surface area contributed by atoms with Crippen molar-refractivity contribution in [2.75, 3.05) is 12.9 Å². The first-order valence-electron chi connectivity index (χ1n) is 4.22. The fourth-order valence-corrected chi connectivity index (χ4v) is 1.80. The quantitative estimate of drug-likeness (QED) is 0.611. The molecule has 16 heavy (non-hydrogen) atoms. The first-order valence-corrected chi connectivity index (χ1v) is 6.11. The van der Waals surface area contributed by atoms with E-state index in [1.165, 1.54) is 0 Å². The maximum absolute atomic E-state index is 11.4. The lowest BCUT2D eigenvalue weighted by Crippen LogP contribution is -2.10. The molecule has 0 fully saturated rings. The van der Waals surface area contributed by atoms with Crippen molar-refractivity contribution in [2.24, 2.45) is 0 Å². The van der Waals surface area contributed by atoms with Crippen LogP contribution in [0.3, 0.4) is 0 Å². The summed E-state index contributed by atoms with van der Waals surface area (Å²) in [6, 6.07) is 0. The Morgan fingerprint density at radius 2 is 2.25 bits per heavy atom. The maximum atomic E-state index is 11.4. The molecule has 86 valence electrons. The number of carbonyl (C=O) groups is 1. The fourth-order valence-electron chi connectivity index (χ4n) is 1.04. The number of rotatable bonds is 3. The minimum atomic E-state index is -3.68. The molecule has 0 unspecified atom stereocenters. The smallest absolute Gasteiger partial charge is 0.462 e. The van der Waals surface area contributed by atoms with Gasteiger partial charge in [0, 0.05) is 11.2 Å². The molecular formula is C7H9N4O4S+. The van der Waals surface area contributed by atoms with Crippen molar-refractivity contribution in [1.82, 2.24) is 10.2 Å². The van der Waals surface area contributed by atoms with Crippen molar-refractivity contribution in [3.63, 3.8) is 0 Å². The first-order chi connectivity index (χ1) is 7.41. The summed E-state index contributed by atoms with van der Waals surface area (Å²) < 4.78 is 27.2. The summed E-state index contributed by atoms with van der Waals surface area (Å²) in [6.45, 7) is 1.63. The molecule has 1 rings (SSSR count). The van der Waals surface area contributed by atoms with Crippen LogP contribution in [-0.2, 0) is 14.6 Å². The van der Waals surface area contributed by atoms with E-state index in [4.69, 9.17) is 5.39 Å². The number of aromatic amines is 1. The molecule has 0 saturated carbocycles. The molecule has 0 aromatic carbocycles. The van der Waals surface area contributed by atoms with Crippen LogP contribution in [-0.4, -0.2) is 37.4 Å². The van der Waals surface area contributed by atoms with Gasteiger partial charge in [0.15, 0.2) is 14.9 Å². The number of H-pyrrole nitrogens is 1. The highest BCUT2D eigenvalue weighted by molar-refractivity contribution is 7.90. The number of sulfone groups is 1. The molecule has 0 saturated heterocycles. The van der Waals surface area contributed by atoms with Gasteiger partial charge in [-0.1, -0.05) is 0 Å². The highest BCUT2D eigenvalue weighted by Crippen LogP contribution is 2.24. The lowest BCUT2D eigenvalue weighted by atomic mass is 10.3. The lowest BCUT2D eigenvalue weighted by molar-refractivity contribution is 0.0523. The largest absolute Gasteiger partial charge is 0.503 e. The predicted octanol–water partition coefficient (Wildman–Crippen LogP) is 0.474. The number of nitrogens with one attached hydrogen (secondary N) is 1. The molecule has 0 radical (unpaired) electrons. The third kappa shape index (κ3) is 2.17. The van der Waals surface area contributed by atoms with E-state index in [1.807, 2.05) is 0 Å². The molecular weight excluding hydrogens is 236 g/mol. The van der Waals surface area contributed by atoms with E-state index in [0.29, 0.717) is 0 Å². The Kier molecular flexibility index (Phi) is 3.24. The maximum Gasteiger partial charge on any atom is 0.503 e. The van der Waals surface area contributed by atoms with Gasteiger partial charge in [-0.25, -0.2) is 13.2 Å². The van der Waals surface area contributed by atoms with Gasteiger partial charge >= 0.3 is 11.8 Å². The third-order valence-corrected chi connectivity index (χ3v) is 2.70. The van der Waals surface area contributed by atoms with E-state index in [1.54, 1.807) is 6.92 Å². The summed E-state index contributed by atoms with van der Waals surface area (Å²) >= 11 is 0. The van der Waals surface area contributed by atoms with Crippen molar-refractivity contribution in [3.8, 4) is 0 Å². The molecule has 1 N–H and O–H groups in total. The van der Waals surface area contributed by atoms with Crippen LogP contribution in [0, 0.1) is 5.39 Å². The number of aromatic nitrogens is 2. The minimum absolute atomic E-state index is 0.0675. The van der Waals surface area contributed by atoms with Crippen LogP contribution in [0.2, 0.25) is 0 Å². The molecule has 0 aliphatic carbocycles. The normalized spacial score (nSPS) is 10.8. The second kappa shape index (κ2) is 4.28. The zero-order valence-corrected chi connectivity index (χ0v) is 9.41. The monoisotopic (exact) mass is 245 g/mol. The number of hydrogen-bond acceptors (Lipinski definition) is 6. The number of diazo groups is 1. The number of hydrogen-bond donors (Lipinski definition) is 1. The summed E-state index contributed by atoms with van der Waals surface area (Å²) in [5, 5.41) is 13.6. The van der Waals surface area contributed by atoms with E-state index in [-0.39, 0.29) is 6.61 Å². The van der Waals surface area contributed by atoms with Gasteiger partial charge in [0.1, 0.15) is 0 Å². The summed E-state index contributed by atoms with van der Waals surface area (Å²) in [5.74, 6) is -1.33. The minimum Gasteiger partial charge on any atom is -0.462 e. The lowest BCUT2D eigenvalue weighted by Gasteiger charge is -1.98. The zero-order chi connectivity index (χ0) is 12.3. The van der Waals surface area contributed by atoms with Crippen LogP contribution in [0.15, 0.2) is 5.03 Å². The van der Waals surface area contributed by atoms with Crippen molar-refractivity contribution >= 4 is 21.6 Å². The SMILES string of the molecule is CCOC(=O)c1c([N+]#N)n[nH]c1S(C)(=O)=O. The molecule has 9 heteroatoms. The van der Waals surface area contributed by atoms with Gasteiger partial charge in [-0.05, 0) is 6.92 Å². The van der Waals surface area contributed by atoms with Crippen molar-refractivity contribution in [2.45, 2.75) is 11.9 Å². The molecule has 1 heterocycles. The summed E-state index contributed by atoms with van der Waals surface area (Å²) in [6.07, 6.45) is 0.893. The number of esters is 1. The van der Waals surface area contributed by atoms with Gasteiger partial charge in [-0.15, -0.1) is 0 Å². The zero-order valence-electron chi connectivity index (χ0n) is 8.59. The van der Waals surface area contributed by atoms with Crippen LogP contribution in [0.25, 0.3) is 4.98 Å². The second-order valence-electron chi connectivity index (χ2n) is 2.84. The predicted molar refractivity (Wildman–Crippen MR) is 52.4 cm³/mol. The Bertz CT molecular complexity index is 553. The van der Waals surface area contributed by atoms with E-state index < -0.39 is 32.2 Å². The number of nitrogens with zero attached hydrogens (tertiary/aromatic N) is 3. The van der Waals surface area contributed by atoms with Crippen LogP contribution in [0.1, 0.15) is 17.3 Å². The highest BCUT2D eigenvalue weighted by atomic mass is 32.2. The number of carbonyl (C=O) groups excluding carboxylic acids is 1. The molecule has 0 amide bonds. The topological polar surface area (TPSA) is 117 Å². The van der Waals surface area contributed by atoms with Crippen molar-refractivity contribution in [3.05, 3.63) is 10.5 Å². The Hall–Kier alpha value is -1.95. The van der Waals surface area contributed by atoms with Crippen molar-refractivity contribution in [1.29, 1.82) is 5.39 Å². The Labute approximate surface area is 91.1 Å². The molecule has 0 aliphatic heterocycles. The molecule has 1 aromatic heterocycles.